The molecule has 0 radical (unpaired) electrons. The van der Waals surface area contributed by atoms with E-state index in [0.717, 1.165) is 11.3 Å². The van der Waals surface area contributed by atoms with Crippen LogP contribution in [0.2, 0.25) is 0 Å². The van der Waals surface area contributed by atoms with E-state index in [1.165, 1.54) is 13.8 Å². The van der Waals surface area contributed by atoms with Crippen molar-refractivity contribution in [1.29, 1.82) is 0 Å². The molecule has 0 atom stereocenters. The van der Waals surface area contributed by atoms with Crippen LogP contribution in [0.3, 0.4) is 0 Å². The summed E-state index contributed by atoms with van der Waals surface area (Å²) in [5, 5.41) is 5.51. The molecule has 0 saturated carbocycles. The van der Waals surface area contributed by atoms with Crippen molar-refractivity contribution in [3.8, 4) is 5.75 Å². The maximum absolute atomic E-state index is 12.1. The van der Waals surface area contributed by atoms with Crippen LogP contribution in [0.5, 0.6) is 5.75 Å². The molecule has 0 bridgehead atoms. The Labute approximate surface area is 164 Å². The summed E-state index contributed by atoms with van der Waals surface area (Å²) >= 11 is 0. The number of hydrogen-bond acceptors (Lipinski definition) is 4. The van der Waals surface area contributed by atoms with Gasteiger partial charge in [-0.1, -0.05) is 12.1 Å². The van der Waals surface area contributed by atoms with Crippen LogP contribution < -0.4 is 20.3 Å². The fourth-order valence-corrected chi connectivity index (χ4v) is 2.69. The SMILES string of the molecule is COc1ccc(CC(=O)NCCN(C(C)=O)c2ccc(NC(C)=O)cc2)cc1. The van der Waals surface area contributed by atoms with Crippen LogP contribution >= 0.6 is 0 Å². The molecule has 0 fully saturated rings. The van der Waals surface area contributed by atoms with Gasteiger partial charge in [0.1, 0.15) is 5.75 Å². The summed E-state index contributed by atoms with van der Waals surface area (Å²) in [6, 6.07) is 14.3. The summed E-state index contributed by atoms with van der Waals surface area (Å²) in [5.74, 6) is 0.341. The molecule has 7 nitrogen and oxygen atoms in total. The van der Waals surface area contributed by atoms with Crippen LogP contribution in [0.15, 0.2) is 48.5 Å². The van der Waals surface area contributed by atoms with Gasteiger partial charge in [0.15, 0.2) is 0 Å². The average molecular weight is 383 g/mol. The molecular weight excluding hydrogens is 358 g/mol. The molecule has 7 heteroatoms. The third kappa shape index (κ3) is 6.42. The van der Waals surface area contributed by atoms with Crippen molar-refractivity contribution in [2.45, 2.75) is 20.3 Å². The predicted molar refractivity (Wildman–Crippen MR) is 108 cm³/mol. The molecule has 2 aromatic rings. The van der Waals surface area contributed by atoms with Crippen molar-refractivity contribution in [3.05, 3.63) is 54.1 Å². The van der Waals surface area contributed by atoms with E-state index in [9.17, 15) is 14.4 Å². The molecule has 3 amide bonds. The molecule has 0 aliphatic carbocycles. The zero-order valence-corrected chi connectivity index (χ0v) is 16.3. The molecule has 0 unspecified atom stereocenters. The second-order valence-corrected chi connectivity index (χ2v) is 6.27. The van der Waals surface area contributed by atoms with Crippen LogP contribution in [0, 0.1) is 0 Å². The van der Waals surface area contributed by atoms with Crippen molar-refractivity contribution < 1.29 is 19.1 Å². The standard InChI is InChI=1S/C21H25N3O4/c1-15(25)23-18-6-8-19(9-7-18)24(16(2)26)13-12-22-21(27)14-17-4-10-20(28-3)11-5-17/h4-11H,12-14H2,1-3H3,(H,22,27)(H,23,25). The molecule has 2 rings (SSSR count). The topological polar surface area (TPSA) is 87.7 Å². The number of carbonyl (C=O) groups is 3. The normalized spacial score (nSPS) is 10.1. The zero-order valence-electron chi connectivity index (χ0n) is 16.3. The van der Waals surface area contributed by atoms with E-state index in [-0.39, 0.29) is 24.1 Å². The minimum atomic E-state index is -0.157. The van der Waals surface area contributed by atoms with E-state index in [0.29, 0.717) is 24.5 Å². The van der Waals surface area contributed by atoms with Gasteiger partial charge in [-0.3, -0.25) is 14.4 Å². The highest BCUT2D eigenvalue weighted by atomic mass is 16.5. The zero-order chi connectivity index (χ0) is 20.5. The monoisotopic (exact) mass is 383 g/mol. The van der Waals surface area contributed by atoms with Gasteiger partial charge in [-0.25, -0.2) is 0 Å². The van der Waals surface area contributed by atoms with Gasteiger partial charge in [-0.15, -0.1) is 0 Å². The number of rotatable bonds is 8. The summed E-state index contributed by atoms with van der Waals surface area (Å²) in [5.41, 5.74) is 2.24. The highest BCUT2D eigenvalue weighted by Crippen LogP contribution is 2.18. The molecule has 0 aromatic heterocycles. The van der Waals surface area contributed by atoms with Gasteiger partial charge in [-0.05, 0) is 42.0 Å². The number of methoxy groups -OCH3 is 1. The van der Waals surface area contributed by atoms with Gasteiger partial charge in [-0.2, -0.15) is 0 Å². The highest BCUT2D eigenvalue weighted by Gasteiger charge is 2.12. The van der Waals surface area contributed by atoms with E-state index in [4.69, 9.17) is 4.74 Å². The Balaban J connectivity index is 1.87. The predicted octanol–water partition coefficient (Wildman–Crippen LogP) is 2.37. The number of nitrogens with one attached hydrogen (secondary N) is 2. The molecule has 148 valence electrons. The first kappa shape index (κ1) is 21.0. The van der Waals surface area contributed by atoms with Gasteiger partial charge in [0.2, 0.25) is 17.7 Å². The minimum Gasteiger partial charge on any atom is -0.497 e. The first-order valence-electron chi connectivity index (χ1n) is 8.94. The van der Waals surface area contributed by atoms with Crippen LogP contribution in [0.1, 0.15) is 19.4 Å². The number of hydrogen-bond donors (Lipinski definition) is 2. The quantitative estimate of drug-likeness (QED) is 0.733. The number of ether oxygens (including phenoxy) is 1. The van der Waals surface area contributed by atoms with Gasteiger partial charge in [0.05, 0.1) is 13.5 Å². The summed E-state index contributed by atoms with van der Waals surface area (Å²) in [4.78, 5) is 36.7. The van der Waals surface area contributed by atoms with Crippen molar-refractivity contribution in [1.82, 2.24) is 5.32 Å². The average Bonchev–Trinajstić information content (AvgIpc) is 2.66. The number of nitrogens with zero attached hydrogens (tertiary/aromatic N) is 1. The maximum atomic E-state index is 12.1. The van der Waals surface area contributed by atoms with Crippen molar-refractivity contribution in [2.75, 3.05) is 30.4 Å². The van der Waals surface area contributed by atoms with E-state index in [1.54, 1.807) is 36.3 Å². The molecule has 0 aliphatic heterocycles. The molecule has 0 aliphatic rings. The van der Waals surface area contributed by atoms with Crippen molar-refractivity contribution >= 4 is 29.1 Å². The molecule has 28 heavy (non-hydrogen) atoms. The number of anilines is 2. The van der Waals surface area contributed by atoms with Crippen LogP contribution in [-0.4, -0.2) is 37.9 Å². The maximum Gasteiger partial charge on any atom is 0.224 e. The van der Waals surface area contributed by atoms with Gasteiger partial charge in [0, 0.05) is 38.3 Å². The molecule has 2 N–H and O–H groups in total. The lowest BCUT2D eigenvalue weighted by Crippen LogP contribution is -2.38. The fourth-order valence-electron chi connectivity index (χ4n) is 2.69. The van der Waals surface area contributed by atoms with Crippen molar-refractivity contribution in [3.63, 3.8) is 0 Å². The number of benzene rings is 2. The van der Waals surface area contributed by atoms with Gasteiger partial charge in [0.25, 0.3) is 0 Å². The first-order valence-corrected chi connectivity index (χ1v) is 8.94. The second kappa shape index (κ2) is 10.1. The molecular formula is C21H25N3O4. The van der Waals surface area contributed by atoms with Gasteiger partial charge < -0.3 is 20.3 Å². The molecule has 0 spiro atoms. The van der Waals surface area contributed by atoms with E-state index >= 15 is 0 Å². The summed E-state index contributed by atoms with van der Waals surface area (Å²) in [6.07, 6.45) is 0.259. The Hall–Kier alpha value is -3.35. The Kier molecular flexibility index (Phi) is 7.56. The number of amides is 3. The lowest BCUT2D eigenvalue weighted by molar-refractivity contribution is -0.121. The molecule has 0 heterocycles. The van der Waals surface area contributed by atoms with Crippen LogP contribution in [0.4, 0.5) is 11.4 Å². The first-order chi connectivity index (χ1) is 13.4. The van der Waals surface area contributed by atoms with E-state index in [1.807, 2.05) is 24.3 Å². The third-order valence-corrected chi connectivity index (χ3v) is 4.06. The minimum absolute atomic E-state index is 0.116. The lowest BCUT2D eigenvalue weighted by atomic mass is 10.1. The summed E-state index contributed by atoms with van der Waals surface area (Å²) in [6.45, 7) is 3.59. The Morgan fingerprint density at radius 1 is 0.964 bits per heavy atom. The van der Waals surface area contributed by atoms with Crippen LogP contribution in [-0.2, 0) is 20.8 Å². The Bertz CT molecular complexity index is 817. The van der Waals surface area contributed by atoms with E-state index < -0.39 is 0 Å². The molecule has 0 saturated heterocycles. The van der Waals surface area contributed by atoms with Crippen LogP contribution in [0.25, 0.3) is 0 Å². The van der Waals surface area contributed by atoms with Gasteiger partial charge >= 0.3 is 0 Å². The Morgan fingerprint density at radius 2 is 1.61 bits per heavy atom. The largest absolute Gasteiger partial charge is 0.497 e. The number of carbonyl (C=O) groups excluding carboxylic acids is 3. The summed E-state index contributed by atoms with van der Waals surface area (Å²) in [7, 11) is 1.59. The molecule has 2 aromatic carbocycles. The Morgan fingerprint density at radius 3 is 2.14 bits per heavy atom. The lowest BCUT2D eigenvalue weighted by Gasteiger charge is -2.21. The second-order valence-electron chi connectivity index (χ2n) is 6.27. The third-order valence-electron chi connectivity index (χ3n) is 4.06. The van der Waals surface area contributed by atoms with Crippen molar-refractivity contribution in [2.24, 2.45) is 0 Å². The van der Waals surface area contributed by atoms with E-state index in [2.05, 4.69) is 10.6 Å². The highest BCUT2D eigenvalue weighted by molar-refractivity contribution is 5.93. The fraction of sp³-hybridized carbons (Fsp3) is 0.286. The smallest absolute Gasteiger partial charge is 0.224 e. The summed E-state index contributed by atoms with van der Waals surface area (Å²) < 4.78 is 5.10.